The topological polar surface area (TPSA) is 140 Å². The van der Waals surface area contributed by atoms with Gasteiger partial charge in [-0.3, -0.25) is 19.3 Å². The summed E-state index contributed by atoms with van der Waals surface area (Å²) in [5.74, 6) is -2.81. The number of rotatable bonds is 6. The van der Waals surface area contributed by atoms with Crippen LogP contribution in [-0.2, 0) is 30.5 Å². The van der Waals surface area contributed by atoms with E-state index in [9.17, 15) is 24.4 Å². The van der Waals surface area contributed by atoms with E-state index in [4.69, 9.17) is 15.2 Å². The average Bonchev–Trinajstić information content (AvgIpc) is 3.16. The quantitative estimate of drug-likeness (QED) is 0.541. The number of imide groups is 1. The SMILES string of the molecule is CCOC(=O)c1sc(N)c(C#N)c1COC(=O)CN1C(=O)[C@@H]2CCCC[C@H]2C1=O. The zero-order valence-electron chi connectivity index (χ0n) is 15.9. The molecule has 2 atom stereocenters. The molecule has 0 spiro atoms. The van der Waals surface area contributed by atoms with Crippen LogP contribution in [0.3, 0.4) is 0 Å². The number of carbonyl (C=O) groups is 4. The van der Waals surface area contributed by atoms with E-state index >= 15 is 0 Å². The number of ether oxygens (including phenoxy) is 2. The first-order valence-electron chi connectivity index (χ1n) is 9.38. The molecule has 2 N–H and O–H groups in total. The molecule has 1 aromatic heterocycles. The number of nitrogens with two attached hydrogens (primary N) is 1. The van der Waals surface area contributed by atoms with Crippen molar-refractivity contribution < 1.29 is 28.7 Å². The van der Waals surface area contributed by atoms with E-state index in [1.807, 2.05) is 6.07 Å². The van der Waals surface area contributed by atoms with Gasteiger partial charge < -0.3 is 15.2 Å². The third-order valence-electron chi connectivity index (χ3n) is 5.20. The molecule has 2 aliphatic rings. The molecule has 1 aromatic rings. The first-order valence-corrected chi connectivity index (χ1v) is 10.2. The molecule has 29 heavy (non-hydrogen) atoms. The Bertz CT molecular complexity index is 878. The van der Waals surface area contributed by atoms with Crippen molar-refractivity contribution in [1.29, 1.82) is 5.26 Å². The monoisotopic (exact) mass is 419 g/mol. The summed E-state index contributed by atoms with van der Waals surface area (Å²) in [6, 6.07) is 1.89. The number of carbonyl (C=O) groups excluding carboxylic acids is 4. The lowest BCUT2D eigenvalue weighted by atomic mass is 9.81. The first-order chi connectivity index (χ1) is 13.9. The van der Waals surface area contributed by atoms with Crippen LogP contribution in [0.1, 0.15) is 53.4 Å². The van der Waals surface area contributed by atoms with Crippen LogP contribution in [0.15, 0.2) is 0 Å². The molecule has 10 heteroatoms. The number of amides is 2. The lowest BCUT2D eigenvalue weighted by Gasteiger charge is -2.19. The smallest absolute Gasteiger partial charge is 0.348 e. The zero-order chi connectivity index (χ0) is 21.1. The molecule has 1 saturated carbocycles. The number of hydrogen-bond donors (Lipinski definition) is 1. The Balaban J connectivity index is 1.68. The highest BCUT2D eigenvalue weighted by Gasteiger charge is 2.48. The van der Waals surface area contributed by atoms with Gasteiger partial charge in [0.25, 0.3) is 0 Å². The highest BCUT2D eigenvalue weighted by Crippen LogP contribution is 2.38. The van der Waals surface area contributed by atoms with E-state index in [2.05, 4.69) is 0 Å². The molecule has 0 radical (unpaired) electrons. The van der Waals surface area contributed by atoms with Gasteiger partial charge in [-0.1, -0.05) is 12.8 Å². The summed E-state index contributed by atoms with van der Waals surface area (Å²) in [4.78, 5) is 50.3. The fraction of sp³-hybridized carbons (Fsp3) is 0.526. The standard InChI is InChI=1S/C19H21N3O6S/c1-2-27-19(26)15-13(12(7-20)16(21)29-15)9-28-14(23)8-22-17(24)10-5-3-4-6-11(10)18(22)25/h10-11H,2-6,8-9,21H2,1H3/t10-,11-/m1/s1. The fourth-order valence-electron chi connectivity index (χ4n) is 3.82. The molecule has 2 amide bonds. The molecule has 1 aliphatic carbocycles. The van der Waals surface area contributed by atoms with E-state index in [1.54, 1.807) is 6.92 Å². The van der Waals surface area contributed by atoms with Crippen LogP contribution in [0.25, 0.3) is 0 Å². The summed E-state index contributed by atoms with van der Waals surface area (Å²) in [7, 11) is 0. The van der Waals surface area contributed by atoms with Crippen molar-refractivity contribution in [3.8, 4) is 6.07 Å². The summed E-state index contributed by atoms with van der Waals surface area (Å²) in [5.41, 5.74) is 5.99. The summed E-state index contributed by atoms with van der Waals surface area (Å²) in [6.07, 6.45) is 3.10. The summed E-state index contributed by atoms with van der Waals surface area (Å²) in [6.45, 7) is 0.911. The predicted molar refractivity (Wildman–Crippen MR) is 101 cm³/mol. The molecule has 9 nitrogen and oxygen atoms in total. The molecule has 1 saturated heterocycles. The molecule has 3 rings (SSSR count). The van der Waals surface area contributed by atoms with Gasteiger partial charge in [0, 0.05) is 5.56 Å². The normalized spacial score (nSPS) is 20.9. The highest BCUT2D eigenvalue weighted by atomic mass is 32.1. The van der Waals surface area contributed by atoms with E-state index in [0.717, 1.165) is 29.1 Å². The average molecular weight is 419 g/mol. The van der Waals surface area contributed by atoms with Crippen molar-refractivity contribution >= 4 is 40.1 Å². The number of nitrogen functional groups attached to an aromatic ring is 1. The Morgan fingerprint density at radius 3 is 2.38 bits per heavy atom. The summed E-state index contributed by atoms with van der Waals surface area (Å²) >= 11 is 0.883. The molecule has 0 bridgehead atoms. The number of esters is 2. The number of thiophene rings is 1. The highest BCUT2D eigenvalue weighted by molar-refractivity contribution is 7.18. The van der Waals surface area contributed by atoms with Gasteiger partial charge in [0.2, 0.25) is 11.8 Å². The van der Waals surface area contributed by atoms with Crippen LogP contribution < -0.4 is 5.73 Å². The number of anilines is 1. The maximum atomic E-state index is 12.5. The molecular weight excluding hydrogens is 398 g/mol. The zero-order valence-corrected chi connectivity index (χ0v) is 16.8. The van der Waals surface area contributed by atoms with Crippen molar-refractivity contribution in [3.63, 3.8) is 0 Å². The first kappa shape index (κ1) is 20.8. The maximum absolute atomic E-state index is 12.5. The van der Waals surface area contributed by atoms with Crippen molar-refractivity contribution in [2.24, 2.45) is 11.8 Å². The molecular formula is C19H21N3O6S. The number of nitrogens with zero attached hydrogens (tertiary/aromatic N) is 2. The fourth-order valence-corrected chi connectivity index (χ4v) is 4.74. The Morgan fingerprint density at radius 1 is 1.21 bits per heavy atom. The minimum absolute atomic E-state index is 0.0465. The molecule has 0 unspecified atom stereocenters. The van der Waals surface area contributed by atoms with E-state index in [-0.39, 0.29) is 57.9 Å². The number of hydrogen-bond acceptors (Lipinski definition) is 9. The second-order valence-electron chi connectivity index (χ2n) is 6.90. The molecule has 1 aliphatic heterocycles. The summed E-state index contributed by atoms with van der Waals surface area (Å²) in [5, 5.41) is 9.41. The molecule has 2 fully saturated rings. The van der Waals surface area contributed by atoms with Crippen LogP contribution in [-0.4, -0.2) is 41.8 Å². The molecule has 154 valence electrons. The molecule has 0 aromatic carbocycles. The minimum Gasteiger partial charge on any atom is -0.462 e. The molecule has 2 heterocycles. The van der Waals surface area contributed by atoms with Gasteiger partial charge in [-0.2, -0.15) is 5.26 Å². The van der Waals surface area contributed by atoms with Crippen LogP contribution >= 0.6 is 11.3 Å². The van der Waals surface area contributed by atoms with Crippen LogP contribution in [0, 0.1) is 23.2 Å². The predicted octanol–water partition coefficient (Wildman–Crippen LogP) is 1.60. The number of likely N-dealkylation sites (tertiary alicyclic amines) is 1. The summed E-state index contributed by atoms with van der Waals surface area (Å²) < 4.78 is 10.1. The third kappa shape index (κ3) is 3.96. The van der Waals surface area contributed by atoms with E-state index in [0.29, 0.717) is 12.8 Å². The van der Waals surface area contributed by atoms with E-state index < -0.39 is 18.5 Å². The van der Waals surface area contributed by atoms with Crippen LogP contribution in [0.5, 0.6) is 0 Å². The van der Waals surface area contributed by atoms with Gasteiger partial charge in [-0.05, 0) is 19.8 Å². The van der Waals surface area contributed by atoms with E-state index in [1.165, 1.54) is 0 Å². The van der Waals surface area contributed by atoms with Gasteiger partial charge in [-0.25, -0.2) is 4.79 Å². The van der Waals surface area contributed by atoms with Crippen molar-refractivity contribution in [2.75, 3.05) is 18.9 Å². The number of fused-ring (bicyclic) bond motifs is 1. The maximum Gasteiger partial charge on any atom is 0.348 e. The Kier molecular flexibility index (Phi) is 6.17. The Morgan fingerprint density at radius 2 is 1.83 bits per heavy atom. The van der Waals surface area contributed by atoms with Crippen molar-refractivity contribution in [2.45, 2.75) is 39.2 Å². The Hall–Kier alpha value is -2.93. The Labute approximate surface area is 171 Å². The second-order valence-corrected chi connectivity index (χ2v) is 7.95. The van der Waals surface area contributed by atoms with Gasteiger partial charge in [-0.15, -0.1) is 11.3 Å². The largest absolute Gasteiger partial charge is 0.462 e. The van der Waals surface area contributed by atoms with Crippen molar-refractivity contribution in [3.05, 3.63) is 16.0 Å². The lowest BCUT2D eigenvalue weighted by Crippen LogP contribution is -2.36. The van der Waals surface area contributed by atoms with Gasteiger partial charge in [0.1, 0.15) is 29.1 Å². The third-order valence-corrected chi connectivity index (χ3v) is 6.25. The van der Waals surface area contributed by atoms with Crippen LogP contribution in [0.4, 0.5) is 5.00 Å². The van der Waals surface area contributed by atoms with Crippen molar-refractivity contribution in [1.82, 2.24) is 4.90 Å². The minimum atomic E-state index is -0.797. The van der Waals surface area contributed by atoms with Gasteiger partial charge >= 0.3 is 11.9 Å². The number of nitriles is 1. The second kappa shape index (κ2) is 8.61. The van der Waals surface area contributed by atoms with Gasteiger partial charge in [0.05, 0.1) is 24.0 Å². The lowest BCUT2D eigenvalue weighted by molar-refractivity contribution is -0.153. The van der Waals surface area contributed by atoms with Gasteiger partial charge in [0.15, 0.2) is 0 Å². The van der Waals surface area contributed by atoms with Crippen LogP contribution in [0.2, 0.25) is 0 Å².